The van der Waals surface area contributed by atoms with Gasteiger partial charge in [-0.25, -0.2) is 8.78 Å². The molecule has 8 heteroatoms. The number of carbonyl (C=O) groups excluding carboxylic acids is 1. The first kappa shape index (κ1) is 23.0. The fraction of sp³-hybridized carbons (Fsp3) is 0.423. The van der Waals surface area contributed by atoms with Gasteiger partial charge in [0.2, 0.25) is 0 Å². The van der Waals surface area contributed by atoms with Gasteiger partial charge in [0.05, 0.1) is 11.7 Å². The lowest BCUT2D eigenvalue weighted by Crippen LogP contribution is -2.42. The molecule has 0 unspecified atom stereocenters. The Balaban J connectivity index is 1.24. The average molecular weight is 471 g/mol. The van der Waals surface area contributed by atoms with Crippen LogP contribution in [-0.4, -0.2) is 48.3 Å². The van der Waals surface area contributed by atoms with Gasteiger partial charge in [0.25, 0.3) is 5.91 Å². The van der Waals surface area contributed by atoms with Crippen LogP contribution in [0.1, 0.15) is 47.4 Å². The quantitative estimate of drug-likeness (QED) is 0.567. The molecule has 2 aliphatic heterocycles. The van der Waals surface area contributed by atoms with Crippen LogP contribution in [0.25, 0.3) is 11.0 Å². The van der Waals surface area contributed by atoms with Crippen molar-refractivity contribution in [2.24, 2.45) is 0 Å². The summed E-state index contributed by atoms with van der Waals surface area (Å²) in [5, 5.41) is 14.9. The minimum atomic E-state index is -1.06. The predicted octanol–water partition coefficient (Wildman–Crippen LogP) is 4.10. The van der Waals surface area contributed by atoms with E-state index in [4.69, 9.17) is 9.15 Å². The predicted molar refractivity (Wildman–Crippen MR) is 122 cm³/mol. The summed E-state index contributed by atoms with van der Waals surface area (Å²) in [7, 11) is 0. The maximum Gasteiger partial charge on any atom is 0.287 e. The van der Waals surface area contributed by atoms with Crippen molar-refractivity contribution in [3.05, 3.63) is 71.0 Å². The number of carbonyl (C=O) groups is 1. The topological polar surface area (TPSA) is 74.9 Å². The van der Waals surface area contributed by atoms with Crippen LogP contribution >= 0.6 is 0 Å². The molecular formula is C26H28F2N2O4. The van der Waals surface area contributed by atoms with Gasteiger partial charge in [-0.3, -0.25) is 9.69 Å². The van der Waals surface area contributed by atoms with E-state index in [-0.39, 0.29) is 29.9 Å². The Morgan fingerprint density at radius 3 is 2.62 bits per heavy atom. The zero-order valence-electron chi connectivity index (χ0n) is 18.9. The Bertz CT molecular complexity index is 1160. The van der Waals surface area contributed by atoms with E-state index >= 15 is 0 Å². The summed E-state index contributed by atoms with van der Waals surface area (Å²) >= 11 is 0. The van der Waals surface area contributed by atoms with Crippen LogP contribution < -0.4 is 5.32 Å². The first-order valence-corrected chi connectivity index (χ1v) is 11.7. The molecule has 2 saturated heterocycles. The van der Waals surface area contributed by atoms with Crippen LogP contribution in [0.15, 0.2) is 46.9 Å². The molecule has 34 heavy (non-hydrogen) atoms. The van der Waals surface area contributed by atoms with Crippen molar-refractivity contribution in [3.8, 4) is 0 Å². The second kappa shape index (κ2) is 9.44. The van der Waals surface area contributed by atoms with E-state index in [9.17, 15) is 18.7 Å². The summed E-state index contributed by atoms with van der Waals surface area (Å²) in [5.41, 5.74) is 0.307. The smallest absolute Gasteiger partial charge is 0.287 e. The van der Waals surface area contributed by atoms with E-state index in [0.717, 1.165) is 30.4 Å². The number of fused-ring (bicyclic) bond motifs is 1. The van der Waals surface area contributed by atoms with E-state index in [0.29, 0.717) is 38.1 Å². The third-order valence-electron chi connectivity index (χ3n) is 6.92. The van der Waals surface area contributed by atoms with Crippen molar-refractivity contribution in [1.82, 2.24) is 10.2 Å². The Morgan fingerprint density at radius 1 is 1.15 bits per heavy atom. The van der Waals surface area contributed by atoms with Crippen molar-refractivity contribution in [3.63, 3.8) is 0 Å². The van der Waals surface area contributed by atoms with Crippen LogP contribution in [0.2, 0.25) is 0 Å². The maximum atomic E-state index is 14.0. The summed E-state index contributed by atoms with van der Waals surface area (Å²) in [6.45, 7) is 2.36. The molecule has 2 aromatic carbocycles. The molecule has 0 radical (unpaired) electrons. The molecule has 1 amide bonds. The molecule has 2 aliphatic rings. The largest absolute Gasteiger partial charge is 0.451 e. The highest BCUT2D eigenvalue weighted by Gasteiger charge is 2.34. The van der Waals surface area contributed by atoms with Crippen LogP contribution in [-0.2, 0) is 16.9 Å². The van der Waals surface area contributed by atoms with E-state index in [2.05, 4.69) is 5.32 Å². The summed E-state index contributed by atoms with van der Waals surface area (Å²) in [4.78, 5) is 14.4. The number of amides is 1. The standard InChI is InChI=1S/C26H28F2N2O4/c27-21-4-1-5-22(28)20(21)16-30-10-8-26(32,9-11-30)18-6-7-23-17(13-18)14-24(34-23)25(31)29-15-19-3-2-12-33-19/h1,4-7,13-14,19,32H,2-3,8-12,15-16H2,(H,29,31)/t19-/m0/s1. The van der Waals surface area contributed by atoms with Gasteiger partial charge in [0.1, 0.15) is 17.2 Å². The molecule has 0 saturated carbocycles. The van der Waals surface area contributed by atoms with Gasteiger partial charge < -0.3 is 19.6 Å². The van der Waals surface area contributed by atoms with Crippen molar-refractivity contribution in [1.29, 1.82) is 0 Å². The Labute approximate surface area is 196 Å². The summed E-state index contributed by atoms with van der Waals surface area (Å²) in [6.07, 6.45) is 2.86. The van der Waals surface area contributed by atoms with Gasteiger partial charge in [-0.2, -0.15) is 0 Å². The fourth-order valence-corrected chi connectivity index (χ4v) is 4.82. The van der Waals surface area contributed by atoms with Gasteiger partial charge in [-0.15, -0.1) is 0 Å². The molecule has 1 aromatic heterocycles. The third-order valence-corrected chi connectivity index (χ3v) is 6.92. The molecule has 0 aliphatic carbocycles. The van der Waals surface area contributed by atoms with Crippen LogP contribution in [0, 0.1) is 11.6 Å². The van der Waals surface area contributed by atoms with Crippen molar-refractivity contribution in [2.45, 2.75) is 43.9 Å². The lowest BCUT2D eigenvalue weighted by Gasteiger charge is -2.38. The number of halogens is 2. The minimum Gasteiger partial charge on any atom is -0.451 e. The van der Waals surface area contributed by atoms with Gasteiger partial charge in [0, 0.05) is 43.7 Å². The summed E-state index contributed by atoms with van der Waals surface area (Å²) in [6, 6.07) is 11.0. The zero-order valence-corrected chi connectivity index (χ0v) is 18.9. The lowest BCUT2D eigenvalue weighted by molar-refractivity contribution is -0.0280. The van der Waals surface area contributed by atoms with E-state index in [1.165, 1.54) is 18.2 Å². The number of nitrogens with zero attached hydrogens (tertiary/aromatic N) is 1. The molecule has 5 rings (SSSR count). The highest BCUT2D eigenvalue weighted by Crippen LogP contribution is 2.35. The van der Waals surface area contributed by atoms with Gasteiger partial charge in [0.15, 0.2) is 5.76 Å². The number of hydrogen-bond acceptors (Lipinski definition) is 5. The molecule has 0 spiro atoms. The van der Waals surface area contributed by atoms with Crippen LogP contribution in [0.5, 0.6) is 0 Å². The molecule has 3 heterocycles. The van der Waals surface area contributed by atoms with Gasteiger partial charge in [-0.05, 0) is 61.6 Å². The molecule has 3 aromatic rings. The van der Waals surface area contributed by atoms with Crippen LogP contribution in [0.4, 0.5) is 8.78 Å². The first-order valence-electron chi connectivity index (χ1n) is 11.7. The van der Waals surface area contributed by atoms with Crippen molar-refractivity contribution >= 4 is 16.9 Å². The van der Waals surface area contributed by atoms with E-state index < -0.39 is 17.2 Å². The average Bonchev–Trinajstić information content (AvgIpc) is 3.51. The fourth-order valence-electron chi connectivity index (χ4n) is 4.82. The highest BCUT2D eigenvalue weighted by atomic mass is 19.1. The van der Waals surface area contributed by atoms with Crippen LogP contribution in [0.3, 0.4) is 0 Å². The minimum absolute atomic E-state index is 0.0509. The number of aliphatic hydroxyl groups is 1. The second-order valence-electron chi connectivity index (χ2n) is 9.22. The molecule has 0 bridgehead atoms. The molecule has 6 nitrogen and oxygen atoms in total. The molecule has 1 atom stereocenters. The number of likely N-dealkylation sites (tertiary alicyclic amines) is 1. The molecular weight excluding hydrogens is 442 g/mol. The van der Waals surface area contributed by atoms with Crippen molar-refractivity contribution < 1.29 is 27.8 Å². The van der Waals surface area contributed by atoms with Gasteiger partial charge >= 0.3 is 0 Å². The maximum absolute atomic E-state index is 14.0. The number of rotatable bonds is 6. The number of hydrogen-bond donors (Lipinski definition) is 2. The number of benzene rings is 2. The Hall–Kier alpha value is -2.81. The number of furan rings is 1. The number of piperidine rings is 1. The monoisotopic (exact) mass is 470 g/mol. The second-order valence-corrected chi connectivity index (χ2v) is 9.22. The molecule has 180 valence electrons. The van der Waals surface area contributed by atoms with E-state index in [1.807, 2.05) is 17.0 Å². The molecule has 2 N–H and O–H groups in total. The normalized spacial score (nSPS) is 20.6. The summed E-state index contributed by atoms with van der Waals surface area (Å²) < 4.78 is 39.2. The number of ether oxygens (including phenoxy) is 1. The molecule has 2 fully saturated rings. The Kier molecular flexibility index (Phi) is 6.38. The lowest BCUT2D eigenvalue weighted by atomic mass is 9.84. The Morgan fingerprint density at radius 2 is 1.91 bits per heavy atom. The number of nitrogens with one attached hydrogen (secondary N) is 1. The van der Waals surface area contributed by atoms with Crippen molar-refractivity contribution in [2.75, 3.05) is 26.2 Å². The van der Waals surface area contributed by atoms with Gasteiger partial charge in [-0.1, -0.05) is 12.1 Å². The first-order chi connectivity index (χ1) is 16.4. The SMILES string of the molecule is O=C(NC[C@@H]1CCCO1)c1cc2cc(C3(O)CCN(Cc4c(F)cccc4F)CC3)ccc2o1. The highest BCUT2D eigenvalue weighted by molar-refractivity contribution is 5.96. The summed E-state index contributed by atoms with van der Waals surface area (Å²) in [5.74, 6) is -1.18. The zero-order chi connectivity index (χ0) is 23.7. The van der Waals surface area contributed by atoms with E-state index in [1.54, 1.807) is 12.1 Å². The third kappa shape index (κ3) is 4.71.